The molecule has 0 aliphatic heterocycles. The van der Waals surface area contributed by atoms with Crippen molar-refractivity contribution in [1.29, 1.82) is 0 Å². The van der Waals surface area contributed by atoms with Crippen molar-refractivity contribution in [3.63, 3.8) is 0 Å². The summed E-state index contributed by atoms with van der Waals surface area (Å²) in [7, 11) is 0. The van der Waals surface area contributed by atoms with Crippen LogP contribution in [0.2, 0.25) is 0 Å². The third kappa shape index (κ3) is 3.26. The second-order valence-electron chi connectivity index (χ2n) is 4.52. The van der Waals surface area contributed by atoms with Crippen LogP contribution in [0.4, 0.5) is 0 Å². The smallest absolute Gasteiger partial charge is 0.358 e. The average Bonchev–Trinajstić information content (AvgIpc) is 2.85. The van der Waals surface area contributed by atoms with Crippen LogP contribution in [-0.4, -0.2) is 38.7 Å². The molecule has 0 bridgehead atoms. The maximum Gasteiger partial charge on any atom is 0.358 e. The third-order valence-electron chi connectivity index (χ3n) is 3.09. The molecular weight excluding hydrogens is 220 g/mol. The highest BCUT2D eigenvalue weighted by atomic mass is 16.4. The van der Waals surface area contributed by atoms with Crippen LogP contribution < -0.4 is 5.32 Å². The molecule has 1 heterocycles. The lowest BCUT2D eigenvalue weighted by Crippen LogP contribution is -2.23. The zero-order chi connectivity index (χ0) is 12.3. The van der Waals surface area contributed by atoms with Crippen LogP contribution >= 0.6 is 0 Å². The minimum atomic E-state index is -1.03. The molecule has 17 heavy (non-hydrogen) atoms. The van der Waals surface area contributed by atoms with Gasteiger partial charge < -0.3 is 10.4 Å². The Labute approximate surface area is 100 Å². The van der Waals surface area contributed by atoms with E-state index in [2.05, 4.69) is 22.6 Å². The molecule has 0 amide bonds. The molecule has 2 rings (SSSR count). The van der Waals surface area contributed by atoms with Gasteiger partial charge in [0.15, 0.2) is 5.69 Å². The first-order chi connectivity index (χ1) is 8.20. The van der Waals surface area contributed by atoms with E-state index in [1.54, 1.807) is 4.68 Å². The number of nitrogens with one attached hydrogen (secondary N) is 1. The summed E-state index contributed by atoms with van der Waals surface area (Å²) in [5.74, 6) is -0.195. The van der Waals surface area contributed by atoms with E-state index in [9.17, 15) is 4.79 Å². The molecule has 1 aliphatic carbocycles. The first-order valence-electron chi connectivity index (χ1n) is 6.07. The molecule has 0 radical (unpaired) electrons. The van der Waals surface area contributed by atoms with Crippen molar-refractivity contribution in [3.8, 4) is 0 Å². The van der Waals surface area contributed by atoms with Gasteiger partial charge in [0.2, 0.25) is 0 Å². The normalized spacial score (nSPS) is 22.6. The standard InChI is InChI=1S/C11H18N4O2/c1-2-3-8-6-9(8)12-4-5-15-7-10(11(16)17)13-14-15/h7-9,12H,2-6H2,1H3,(H,16,17). The summed E-state index contributed by atoms with van der Waals surface area (Å²) in [6, 6.07) is 0.650. The molecule has 0 saturated heterocycles. The highest BCUT2D eigenvalue weighted by Crippen LogP contribution is 2.34. The molecule has 0 spiro atoms. The fourth-order valence-corrected chi connectivity index (χ4v) is 2.06. The monoisotopic (exact) mass is 238 g/mol. The van der Waals surface area contributed by atoms with Crippen LogP contribution in [0.15, 0.2) is 6.20 Å². The zero-order valence-electron chi connectivity index (χ0n) is 9.96. The van der Waals surface area contributed by atoms with Gasteiger partial charge in [-0.3, -0.25) is 4.68 Å². The van der Waals surface area contributed by atoms with E-state index >= 15 is 0 Å². The number of rotatable bonds is 7. The van der Waals surface area contributed by atoms with Crippen LogP contribution in [0.1, 0.15) is 36.7 Å². The Kier molecular flexibility index (Phi) is 3.73. The van der Waals surface area contributed by atoms with Crippen molar-refractivity contribution in [1.82, 2.24) is 20.3 Å². The van der Waals surface area contributed by atoms with Gasteiger partial charge in [-0.1, -0.05) is 18.6 Å². The summed E-state index contributed by atoms with van der Waals surface area (Å²) in [5, 5.41) is 19.4. The molecule has 0 aromatic carbocycles. The van der Waals surface area contributed by atoms with E-state index in [-0.39, 0.29) is 5.69 Å². The van der Waals surface area contributed by atoms with Gasteiger partial charge in [0.1, 0.15) is 0 Å². The molecule has 1 saturated carbocycles. The molecule has 6 nitrogen and oxygen atoms in total. The van der Waals surface area contributed by atoms with E-state index in [4.69, 9.17) is 5.11 Å². The summed E-state index contributed by atoms with van der Waals surface area (Å²) >= 11 is 0. The van der Waals surface area contributed by atoms with Crippen LogP contribution in [0.5, 0.6) is 0 Å². The van der Waals surface area contributed by atoms with Crippen molar-refractivity contribution < 1.29 is 9.90 Å². The summed E-state index contributed by atoms with van der Waals surface area (Å²) in [6.07, 6.45) is 5.27. The maximum atomic E-state index is 10.6. The van der Waals surface area contributed by atoms with E-state index in [0.29, 0.717) is 12.6 Å². The van der Waals surface area contributed by atoms with Gasteiger partial charge in [0.25, 0.3) is 0 Å². The fraction of sp³-hybridized carbons (Fsp3) is 0.727. The second kappa shape index (κ2) is 5.27. The van der Waals surface area contributed by atoms with Gasteiger partial charge in [-0.25, -0.2) is 4.79 Å². The number of carboxylic acids is 1. The van der Waals surface area contributed by atoms with Gasteiger partial charge in [-0.15, -0.1) is 5.10 Å². The fourth-order valence-electron chi connectivity index (χ4n) is 2.06. The number of hydrogen-bond acceptors (Lipinski definition) is 4. The Hall–Kier alpha value is -1.43. The third-order valence-corrected chi connectivity index (χ3v) is 3.09. The van der Waals surface area contributed by atoms with E-state index in [1.807, 2.05) is 0 Å². The highest BCUT2D eigenvalue weighted by Gasteiger charge is 2.34. The summed E-state index contributed by atoms with van der Waals surface area (Å²) in [5.41, 5.74) is 0.000261. The van der Waals surface area contributed by atoms with E-state index in [0.717, 1.165) is 12.5 Å². The summed E-state index contributed by atoms with van der Waals surface area (Å²) in [4.78, 5) is 10.6. The quantitative estimate of drug-likeness (QED) is 0.733. The highest BCUT2D eigenvalue weighted by molar-refractivity contribution is 5.84. The van der Waals surface area contributed by atoms with Crippen molar-refractivity contribution in [2.45, 2.75) is 38.8 Å². The van der Waals surface area contributed by atoms with E-state index in [1.165, 1.54) is 25.5 Å². The maximum absolute atomic E-state index is 10.6. The molecule has 1 aromatic rings. The van der Waals surface area contributed by atoms with Crippen molar-refractivity contribution in [2.24, 2.45) is 5.92 Å². The molecule has 2 atom stereocenters. The number of hydrogen-bond donors (Lipinski definition) is 2. The Balaban J connectivity index is 1.67. The van der Waals surface area contributed by atoms with Gasteiger partial charge in [0.05, 0.1) is 12.7 Å². The molecule has 2 unspecified atom stereocenters. The number of carbonyl (C=O) groups is 1. The first-order valence-corrected chi connectivity index (χ1v) is 6.07. The van der Waals surface area contributed by atoms with Crippen LogP contribution in [0.25, 0.3) is 0 Å². The summed E-state index contributed by atoms with van der Waals surface area (Å²) < 4.78 is 1.56. The largest absolute Gasteiger partial charge is 0.476 e. The Morgan fingerprint density at radius 3 is 3.18 bits per heavy atom. The predicted molar refractivity (Wildman–Crippen MR) is 61.8 cm³/mol. The van der Waals surface area contributed by atoms with Gasteiger partial charge >= 0.3 is 5.97 Å². The lowest BCUT2D eigenvalue weighted by Gasteiger charge is -2.03. The molecule has 94 valence electrons. The zero-order valence-corrected chi connectivity index (χ0v) is 9.96. The molecule has 6 heteroatoms. The van der Waals surface area contributed by atoms with Crippen molar-refractivity contribution >= 4 is 5.97 Å². The molecular formula is C11H18N4O2. The van der Waals surface area contributed by atoms with Gasteiger partial charge in [-0.2, -0.15) is 0 Å². The number of aromatic nitrogens is 3. The summed E-state index contributed by atoms with van der Waals surface area (Å²) in [6.45, 7) is 3.68. The minimum Gasteiger partial charge on any atom is -0.476 e. The second-order valence-corrected chi connectivity index (χ2v) is 4.52. The first kappa shape index (κ1) is 12.0. The van der Waals surface area contributed by atoms with Crippen molar-refractivity contribution in [2.75, 3.05) is 6.54 Å². The molecule has 1 fully saturated rings. The Morgan fingerprint density at radius 1 is 1.71 bits per heavy atom. The lowest BCUT2D eigenvalue weighted by atomic mass is 10.2. The number of carboxylic acid groups (broad SMARTS) is 1. The van der Waals surface area contributed by atoms with Crippen molar-refractivity contribution in [3.05, 3.63) is 11.9 Å². The minimum absolute atomic E-state index is 0.000261. The predicted octanol–water partition coefficient (Wildman–Crippen LogP) is 0.754. The van der Waals surface area contributed by atoms with Crippen LogP contribution in [-0.2, 0) is 6.54 Å². The number of nitrogens with zero attached hydrogens (tertiary/aromatic N) is 3. The van der Waals surface area contributed by atoms with E-state index < -0.39 is 5.97 Å². The van der Waals surface area contributed by atoms with Gasteiger partial charge in [0, 0.05) is 12.6 Å². The molecule has 2 N–H and O–H groups in total. The van der Waals surface area contributed by atoms with Crippen LogP contribution in [0.3, 0.4) is 0 Å². The van der Waals surface area contributed by atoms with Gasteiger partial charge in [-0.05, 0) is 18.8 Å². The topological polar surface area (TPSA) is 80.0 Å². The Morgan fingerprint density at radius 2 is 2.53 bits per heavy atom. The SMILES string of the molecule is CCCC1CC1NCCn1cc(C(=O)O)nn1. The molecule has 1 aliphatic rings. The van der Waals surface area contributed by atoms with Crippen LogP contribution in [0, 0.1) is 5.92 Å². The number of aromatic carboxylic acids is 1. The molecule has 1 aromatic heterocycles. The lowest BCUT2D eigenvalue weighted by molar-refractivity contribution is 0.0690. The Bertz CT molecular complexity index is 391. The average molecular weight is 238 g/mol.